The van der Waals surface area contributed by atoms with Gasteiger partial charge in [-0.3, -0.25) is 0 Å². The van der Waals surface area contributed by atoms with Crippen LogP contribution in [0.3, 0.4) is 0 Å². The standard InChI is InChI=1S/C21H41N5O11/c1-26-11-14(30)18-8(33-20(11)37-21-16(32)13(29)10(25)9(4-27)34-21)3-7(24)19(36-18)35-17-6(23)2-5(22)12(28)15(17)31/h5-21,26-32H,2-4,22-25H2,1H3/t5?,6?,7?,8-,9+,10+,11?,12?,13-,14?,15+,16+,17+,18-,19?,20?,21+/m0/s1. The zero-order valence-corrected chi connectivity index (χ0v) is 20.5. The molecule has 0 spiro atoms. The number of aliphatic hydroxyl groups excluding tert-OH is 6. The van der Waals surface area contributed by atoms with Gasteiger partial charge in [0, 0.05) is 12.1 Å². The maximum atomic E-state index is 11.1. The molecule has 3 saturated heterocycles. The second-order valence-electron chi connectivity index (χ2n) is 10.3. The number of hydrogen-bond acceptors (Lipinski definition) is 16. The Hall–Kier alpha value is -0.640. The Morgan fingerprint density at radius 2 is 1.43 bits per heavy atom. The summed E-state index contributed by atoms with van der Waals surface area (Å²) >= 11 is 0. The number of nitrogens with one attached hydrogen (secondary N) is 1. The highest BCUT2D eigenvalue weighted by Crippen LogP contribution is 2.35. The highest BCUT2D eigenvalue weighted by atomic mass is 16.8. The molecule has 1 saturated carbocycles. The molecule has 16 nitrogen and oxygen atoms in total. The summed E-state index contributed by atoms with van der Waals surface area (Å²) in [6.45, 7) is -0.508. The third kappa shape index (κ3) is 5.66. The van der Waals surface area contributed by atoms with Crippen molar-refractivity contribution in [1.82, 2.24) is 5.32 Å². The third-order valence-corrected chi connectivity index (χ3v) is 7.74. The fourth-order valence-corrected chi connectivity index (χ4v) is 5.46. The summed E-state index contributed by atoms with van der Waals surface area (Å²) in [6, 6.07) is -4.05. The van der Waals surface area contributed by atoms with E-state index in [0.29, 0.717) is 0 Å². The Morgan fingerprint density at radius 3 is 2.08 bits per heavy atom. The lowest BCUT2D eigenvalue weighted by Crippen LogP contribution is -2.70. The van der Waals surface area contributed by atoms with Crippen LogP contribution in [0.15, 0.2) is 0 Å². The summed E-state index contributed by atoms with van der Waals surface area (Å²) in [6.07, 6.45) is -13.7. The molecule has 4 rings (SSSR count). The molecule has 8 unspecified atom stereocenters. The maximum absolute atomic E-state index is 11.1. The first-order chi connectivity index (χ1) is 17.5. The van der Waals surface area contributed by atoms with E-state index in [9.17, 15) is 30.6 Å². The molecule has 15 N–H and O–H groups in total. The van der Waals surface area contributed by atoms with Gasteiger partial charge in [-0.15, -0.1) is 0 Å². The quantitative estimate of drug-likeness (QED) is 0.149. The van der Waals surface area contributed by atoms with Crippen LogP contribution < -0.4 is 28.3 Å². The van der Waals surface area contributed by atoms with Crippen LogP contribution in [0.4, 0.5) is 0 Å². The number of aliphatic hydroxyl groups is 6. The van der Waals surface area contributed by atoms with Crippen LogP contribution in [0, 0.1) is 0 Å². The van der Waals surface area contributed by atoms with Gasteiger partial charge in [-0.05, 0) is 19.9 Å². The topological polar surface area (TPSA) is 284 Å². The van der Waals surface area contributed by atoms with Crippen molar-refractivity contribution in [3.05, 3.63) is 0 Å². The zero-order valence-electron chi connectivity index (χ0n) is 20.5. The summed E-state index contributed by atoms with van der Waals surface area (Å²) in [5, 5.41) is 64.7. The minimum Gasteiger partial charge on any atom is -0.394 e. The lowest BCUT2D eigenvalue weighted by Gasteiger charge is -2.51. The normalized spacial score (nSPS) is 55.1. The van der Waals surface area contributed by atoms with Gasteiger partial charge in [0.25, 0.3) is 0 Å². The van der Waals surface area contributed by atoms with Crippen LogP contribution in [0.2, 0.25) is 0 Å². The lowest BCUT2D eigenvalue weighted by molar-refractivity contribution is -0.373. The number of likely N-dealkylation sites (N-methyl/N-ethyl adjacent to an activating group) is 1. The van der Waals surface area contributed by atoms with Crippen LogP contribution in [-0.2, 0) is 23.7 Å². The van der Waals surface area contributed by atoms with E-state index in [4.69, 9.17) is 46.6 Å². The summed E-state index contributed by atoms with van der Waals surface area (Å²) < 4.78 is 29.2. The Labute approximate surface area is 213 Å². The van der Waals surface area contributed by atoms with E-state index < -0.39 is 111 Å². The van der Waals surface area contributed by atoms with Crippen molar-refractivity contribution in [1.29, 1.82) is 0 Å². The fourth-order valence-electron chi connectivity index (χ4n) is 5.46. The first-order valence-electron chi connectivity index (χ1n) is 12.5. The van der Waals surface area contributed by atoms with Gasteiger partial charge in [0.15, 0.2) is 18.9 Å². The van der Waals surface area contributed by atoms with Crippen LogP contribution >= 0.6 is 0 Å². The van der Waals surface area contributed by atoms with Gasteiger partial charge in [0.05, 0.1) is 36.9 Å². The molecule has 216 valence electrons. The van der Waals surface area contributed by atoms with Gasteiger partial charge in [-0.2, -0.15) is 0 Å². The largest absolute Gasteiger partial charge is 0.394 e. The number of nitrogens with two attached hydrogens (primary N) is 4. The molecule has 4 fully saturated rings. The van der Waals surface area contributed by atoms with Gasteiger partial charge in [0.2, 0.25) is 0 Å². The Balaban J connectivity index is 1.43. The first kappa shape index (κ1) is 29.3. The van der Waals surface area contributed by atoms with E-state index in [-0.39, 0.29) is 12.8 Å². The molecular formula is C21H41N5O11. The average molecular weight is 540 g/mol. The van der Waals surface area contributed by atoms with Crippen LogP contribution in [-0.4, -0.2) is 148 Å². The van der Waals surface area contributed by atoms with Crippen LogP contribution in [0.5, 0.6) is 0 Å². The van der Waals surface area contributed by atoms with E-state index in [1.165, 1.54) is 0 Å². The summed E-state index contributed by atoms with van der Waals surface area (Å²) in [5.41, 5.74) is 24.0. The zero-order chi connectivity index (χ0) is 27.2. The predicted molar refractivity (Wildman–Crippen MR) is 123 cm³/mol. The highest BCUT2D eigenvalue weighted by Gasteiger charge is 2.54. The Morgan fingerprint density at radius 1 is 0.730 bits per heavy atom. The van der Waals surface area contributed by atoms with Crippen molar-refractivity contribution in [3.8, 4) is 0 Å². The third-order valence-electron chi connectivity index (χ3n) is 7.74. The first-order valence-corrected chi connectivity index (χ1v) is 12.5. The van der Waals surface area contributed by atoms with Gasteiger partial charge < -0.3 is 82.6 Å². The number of rotatable bonds is 6. The minimum absolute atomic E-state index is 0.156. The fraction of sp³-hybridized carbons (Fsp3) is 1.00. The van der Waals surface area contributed by atoms with Gasteiger partial charge >= 0.3 is 0 Å². The van der Waals surface area contributed by atoms with Crippen molar-refractivity contribution in [2.24, 2.45) is 22.9 Å². The van der Waals surface area contributed by atoms with Gasteiger partial charge in [-0.1, -0.05) is 0 Å². The maximum Gasteiger partial charge on any atom is 0.189 e. The lowest BCUT2D eigenvalue weighted by atomic mass is 9.84. The molecule has 0 aromatic carbocycles. The van der Waals surface area contributed by atoms with E-state index in [0.717, 1.165) is 0 Å². The molecular weight excluding hydrogens is 498 g/mol. The molecule has 17 atom stereocenters. The molecule has 37 heavy (non-hydrogen) atoms. The number of hydrogen-bond donors (Lipinski definition) is 11. The van der Waals surface area contributed by atoms with Crippen molar-refractivity contribution in [2.75, 3.05) is 13.7 Å². The van der Waals surface area contributed by atoms with Crippen molar-refractivity contribution >= 4 is 0 Å². The van der Waals surface area contributed by atoms with Crippen molar-refractivity contribution in [2.45, 2.75) is 117 Å². The summed E-state index contributed by atoms with van der Waals surface area (Å²) in [4.78, 5) is 0. The monoisotopic (exact) mass is 539 g/mol. The molecule has 0 aromatic heterocycles. The SMILES string of the molecule is CNC1C(O[C@H]2O[C@H](CO)[C@@H](N)[C@H](O)[C@H]2O)O[C@H]2CC(N)C(O[C@@H]3C(N)CC(N)C(O)[C@H]3O)O[C@@H]2C1O. The second kappa shape index (κ2) is 11.8. The number of fused-ring (bicyclic) bond motifs is 1. The van der Waals surface area contributed by atoms with Crippen molar-refractivity contribution < 1.29 is 54.3 Å². The molecule has 0 aromatic rings. The molecule has 0 amide bonds. The second-order valence-corrected chi connectivity index (χ2v) is 10.3. The van der Waals surface area contributed by atoms with Crippen LogP contribution in [0.25, 0.3) is 0 Å². The molecule has 0 bridgehead atoms. The van der Waals surface area contributed by atoms with Crippen LogP contribution in [0.1, 0.15) is 12.8 Å². The minimum atomic E-state index is -1.54. The molecule has 3 aliphatic heterocycles. The van der Waals surface area contributed by atoms with Crippen molar-refractivity contribution in [3.63, 3.8) is 0 Å². The molecule has 16 heteroatoms. The summed E-state index contributed by atoms with van der Waals surface area (Å²) in [5.74, 6) is 0. The molecule has 4 aliphatic rings. The van der Waals surface area contributed by atoms with E-state index in [1.54, 1.807) is 7.05 Å². The molecule has 1 aliphatic carbocycles. The van der Waals surface area contributed by atoms with E-state index in [2.05, 4.69) is 5.32 Å². The average Bonchev–Trinajstić information content (AvgIpc) is 2.86. The predicted octanol–water partition coefficient (Wildman–Crippen LogP) is -6.95. The van der Waals surface area contributed by atoms with Gasteiger partial charge in [-0.25, -0.2) is 0 Å². The van der Waals surface area contributed by atoms with Gasteiger partial charge in [0.1, 0.15) is 42.7 Å². The smallest absolute Gasteiger partial charge is 0.189 e. The Bertz CT molecular complexity index is 756. The summed E-state index contributed by atoms with van der Waals surface area (Å²) in [7, 11) is 1.55. The van der Waals surface area contributed by atoms with E-state index in [1.807, 2.05) is 0 Å². The number of ether oxygens (including phenoxy) is 5. The molecule has 0 radical (unpaired) electrons. The Kier molecular flexibility index (Phi) is 9.40. The van der Waals surface area contributed by atoms with E-state index >= 15 is 0 Å². The molecule has 3 heterocycles. The highest BCUT2D eigenvalue weighted by molar-refractivity contribution is 5.01.